The van der Waals surface area contributed by atoms with Crippen molar-refractivity contribution in [1.82, 2.24) is 19.9 Å². The number of carbonyl (C=O) groups excluding carboxylic acids is 1. The van der Waals surface area contributed by atoms with Crippen LogP contribution in [-0.4, -0.2) is 46.6 Å². The number of piperidine rings is 1. The summed E-state index contributed by atoms with van der Waals surface area (Å²) in [7, 11) is 0. The number of amides is 1. The van der Waals surface area contributed by atoms with Gasteiger partial charge in [0.25, 0.3) is 5.91 Å². The first-order chi connectivity index (χ1) is 14.5. The van der Waals surface area contributed by atoms with E-state index in [9.17, 15) is 9.59 Å². The van der Waals surface area contributed by atoms with Gasteiger partial charge < -0.3 is 27.6 Å². The maximum absolute atomic E-state index is 12.4. The number of H-pyrrole nitrogens is 1. The number of aromatic nitrogens is 3. The molecule has 0 aliphatic carbocycles. The number of imidazole rings is 1. The number of rotatable bonds is 6. The maximum atomic E-state index is 12.4. The number of nitrogens with one attached hydrogen (secondary N) is 3. The van der Waals surface area contributed by atoms with Crippen molar-refractivity contribution in [1.29, 1.82) is 0 Å². The summed E-state index contributed by atoms with van der Waals surface area (Å²) in [6.07, 6.45) is 2.82. The summed E-state index contributed by atoms with van der Waals surface area (Å²) in [5, 5.41) is 3.31. The van der Waals surface area contributed by atoms with Crippen LogP contribution in [0.3, 0.4) is 0 Å². The van der Waals surface area contributed by atoms with E-state index in [1.165, 1.54) is 17.0 Å². The smallest absolute Gasteiger partial charge is 0.326 e. The molecule has 4 rings (SSSR count). The minimum atomic E-state index is -0.200. The molecule has 1 fully saturated rings. The molecule has 2 aromatic heterocycles. The van der Waals surface area contributed by atoms with Gasteiger partial charge in [-0.1, -0.05) is 35.3 Å². The van der Waals surface area contributed by atoms with Crippen LogP contribution in [0.4, 0.5) is 0 Å². The van der Waals surface area contributed by atoms with Crippen LogP contribution < -0.4 is 28.3 Å². The largest absolute Gasteiger partial charge is 1.00 e. The molecule has 1 saturated heterocycles. The Bertz CT molecular complexity index is 1090. The summed E-state index contributed by atoms with van der Waals surface area (Å²) in [6, 6.07) is 11.1. The molecule has 0 radical (unpaired) electrons. The number of hydrogen-bond donors (Lipinski definition) is 3. The summed E-state index contributed by atoms with van der Waals surface area (Å²) in [5.41, 5.74) is 2.26. The van der Waals surface area contributed by atoms with E-state index in [2.05, 4.69) is 15.3 Å². The van der Waals surface area contributed by atoms with Gasteiger partial charge in [-0.25, -0.2) is 9.78 Å². The van der Waals surface area contributed by atoms with E-state index in [-0.39, 0.29) is 40.4 Å². The van der Waals surface area contributed by atoms with E-state index in [1.807, 2.05) is 28.8 Å². The molecule has 0 bridgehead atoms. The molecule has 0 unspecified atom stereocenters. The van der Waals surface area contributed by atoms with Gasteiger partial charge in [-0.2, -0.15) is 0 Å². The Labute approximate surface area is 196 Å². The second-order valence-electron chi connectivity index (χ2n) is 7.66. The number of hydrogen-bond acceptors (Lipinski definition) is 3. The molecule has 1 aromatic carbocycles. The summed E-state index contributed by atoms with van der Waals surface area (Å²) < 4.78 is 1.91. The standard InChI is InChI=1S/C21H23Cl2N5O2.ClH/c22-18-12-14(13-19(23)26-18)20(29)24-8-3-9-27-10-6-15(7-11-27)28-17-5-2-1-4-16(17)25-21(28)30;/h1-2,4-5,12-13,15H,3,6-11H2,(H,24,29)(H,25,30);1H. The van der Waals surface area contributed by atoms with E-state index >= 15 is 0 Å². The first kappa shape index (κ1) is 23.6. The number of aromatic amines is 1. The fourth-order valence-electron chi connectivity index (χ4n) is 4.19. The zero-order valence-corrected chi connectivity index (χ0v) is 19.1. The summed E-state index contributed by atoms with van der Waals surface area (Å²) in [6.45, 7) is 3.60. The molecule has 3 aromatic rings. The molecule has 1 aliphatic heterocycles. The lowest BCUT2D eigenvalue weighted by molar-refractivity contribution is -0.905. The molecule has 0 atom stereocenters. The predicted octanol–water partition coefficient (Wildman–Crippen LogP) is -0.925. The van der Waals surface area contributed by atoms with Gasteiger partial charge in [0.1, 0.15) is 10.3 Å². The fourth-order valence-corrected chi connectivity index (χ4v) is 4.65. The fraction of sp³-hybridized carbons (Fsp3) is 0.381. The maximum Gasteiger partial charge on any atom is 0.326 e. The molecule has 31 heavy (non-hydrogen) atoms. The van der Waals surface area contributed by atoms with Crippen molar-refractivity contribution in [3.8, 4) is 0 Å². The average Bonchev–Trinajstić information content (AvgIpc) is 3.06. The van der Waals surface area contributed by atoms with Gasteiger partial charge in [-0.15, -0.1) is 0 Å². The van der Waals surface area contributed by atoms with Gasteiger partial charge in [-0.3, -0.25) is 9.36 Å². The molecular weight excluding hydrogens is 461 g/mol. The van der Waals surface area contributed by atoms with Crippen molar-refractivity contribution in [2.24, 2.45) is 0 Å². The molecule has 0 spiro atoms. The first-order valence-corrected chi connectivity index (χ1v) is 10.9. The zero-order chi connectivity index (χ0) is 21.1. The normalized spacial score (nSPS) is 18.5. The van der Waals surface area contributed by atoms with E-state index in [1.54, 1.807) is 0 Å². The van der Waals surface area contributed by atoms with E-state index in [4.69, 9.17) is 23.2 Å². The van der Waals surface area contributed by atoms with Crippen molar-refractivity contribution in [2.75, 3.05) is 26.2 Å². The number of quaternary nitrogens is 1. The summed E-state index contributed by atoms with van der Waals surface area (Å²) in [5.74, 6) is -0.200. The number of pyridine rings is 1. The Morgan fingerprint density at radius 1 is 1.19 bits per heavy atom. The van der Waals surface area contributed by atoms with E-state index in [0.717, 1.165) is 49.9 Å². The monoisotopic (exact) mass is 483 g/mol. The Kier molecular flexibility index (Phi) is 8.00. The van der Waals surface area contributed by atoms with Crippen molar-refractivity contribution in [3.05, 3.63) is 62.8 Å². The predicted molar refractivity (Wildman–Crippen MR) is 118 cm³/mol. The first-order valence-electron chi connectivity index (χ1n) is 10.2. The van der Waals surface area contributed by atoms with Crippen LogP contribution in [0.5, 0.6) is 0 Å². The average molecular weight is 485 g/mol. The third kappa shape index (κ3) is 5.60. The molecule has 1 amide bonds. The third-order valence-electron chi connectivity index (χ3n) is 5.67. The topological polar surface area (TPSA) is 84.2 Å². The Hall–Kier alpha value is -2.06. The van der Waals surface area contributed by atoms with Crippen molar-refractivity contribution in [2.45, 2.75) is 25.3 Å². The van der Waals surface area contributed by atoms with E-state index < -0.39 is 0 Å². The molecule has 0 saturated carbocycles. The zero-order valence-electron chi connectivity index (χ0n) is 16.8. The highest BCUT2D eigenvalue weighted by molar-refractivity contribution is 6.33. The minimum Gasteiger partial charge on any atom is -1.00 e. The minimum absolute atomic E-state index is 0. The van der Waals surface area contributed by atoms with Gasteiger partial charge >= 0.3 is 5.69 Å². The molecule has 166 valence electrons. The van der Waals surface area contributed by atoms with Crippen LogP contribution in [-0.2, 0) is 0 Å². The number of benzene rings is 1. The molecule has 7 nitrogen and oxygen atoms in total. The lowest BCUT2D eigenvalue weighted by Gasteiger charge is -2.30. The summed E-state index contributed by atoms with van der Waals surface area (Å²) in [4.78, 5) is 32.9. The molecule has 10 heteroatoms. The van der Waals surface area contributed by atoms with Crippen LogP contribution in [0.25, 0.3) is 11.0 Å². The number of para-hydroxylation sites is 2. The quantitative estimate of drug-likeness (QED) is 0.312. The highest BCUT2D eigenvalue weighted by Crippen LogP contribution is 2.20. The van der Waals surface area contributed by atoms with Gasteiger partial charge in [-0.05, 0) is 24.3 Å². The van der Waals surface area contributed by atoms with Crippen molar-refractivity contribution < 1.29 is 22.1 Å². The van der Waals surface area contributed by atoms with Gasteiger partial charge in [0.05, 0.1) is 30.7 Å². The molecular formula is C21H24Cl3N5O2. The van der Waals surface area contributed by atoms with Gasteiger partial charge in [0.15, 0.2) is 0 Å². The number of halogens is 3. The number of fused-ring (bicyclic) bond motifs is 1. The lowest BCUT2D eigenvalue weighted by atomic mass is 10.0. The number of nitrogens with zero attached hydrogens (tertiary/aromatic N) is 2. The highest BCUT2D eigenvalue weighted by atomic mass is 35.5. The summed E-state index contributed by atoms with van der Waals surface area (Å²) >= 11 is 11.7. The molecule has 3 heterocycles. The van der Waals surface area contributed by atoms with Crippen LogP contribution in [0, 0.1) is 0 Å². The molecule has 3 N–H and O–H groups in total. The highest BCUT2D eigenvalue weighted by Gasteiger charge is 2.25. The number of carbonyl (C=O) groups is 1. The third-order valence-corrected chi connectivity index (χ3v) is 6.06. The van der Waals surface area contributed by atoms with Crippen molar-refractivity contribution >= 4 is 40.1 Å². The SMILES string of the molecule is O=C(NCCC[NH+]1CCC(n2c(=O)[nH]c3ccccc32)CC1)c1cc(Cl)nc(Cl)c1.[Cl-]. The number of likely N-dealkylation sites (tertiary alicyclic amines) is 1. The van der Waals surface area contributed by atoms with Crippen LogP contribution in [0.1, 0.15) is 35.7 Å². The lowest BCUT2D eigenvalue weighted by Crippen LogP contribution is -3.13. The Morgan fingerprint density at radius 3 is 2.58 bits per heavy atom. The van der Waals surface area contributed by atoms with E-state index in [0.29, 0.717) is 12.1 Å². The van der Waals surface area contributed by atoms with Gasteiger partial charge in [0, 0.05) is 37.4 Å². The molecule has 1 aliphatic rings. The Balaban J connectivity index is 0.00000272. The van der Waals surface area contributed by atoms with Gasteiger partial charge in [0.2, 0.25) is 0 Å². The van der Waals surface area contributed by atoms with Crippen LogP contribution >= 0.6 is 23.2 Å². The second kappa shape index (κ2) is 10.5. The second-order valence-corrected chi connectivity index (χ2v) is 8.43. The van der Waals surface area contributed by atoms with Crippen LogP contribution in [0.2, 0.25) is 10.3 Å². The van der Waals surface area contributed by atoms with Crippen LogP contribution in [0.15, 0.2) is 41.2 Å². The Morgan fingerprint density at radius 2 is 1.87 bits per heavy atom. The van der Waals surface area contributed by atoms with Crippen molar-refractivity contribution in [3.63, 3.8) is 0 Å².